The second-order valence-corrected chi connectivity index (χ2v) is 6.37. The van der Waals surface area contributed by atoms with Gasteiger partial charge in [0.1, 0.15) is 17.2 Å². The first-order valence-corrected chi connectivity index (χ1v) is 8.81. The number of amides is 1. The van der Waals surface area contributed by atoms with E-state index in [1.54, 1.807) is 42.5 Å². The summed E-state index contributed by atoms with van der Waals surface area (Å²) in [5, 5.41) is 2.79. The first-order valence-electron chi connectivity index (χ1n) is 8.81. The van der Waals surface area contributed by atoms with Crippen molar-refractivity contribution in [3.8, 4) is 17.2 Å². The van der Waals surface area contributed by atoms with Crippen LogP contribution in [0, 0.1) is 6.92 Å². The summed E-state index contributed by atoms with van der Waals surface area (Å²) in [6.45, 7) is 3.47. The highest BCUT2D eigenvalue weighted by Gasteiger charge is 2.12. The Morgan fingerprint density at radius 2 is 1.57 bits per heavy atom. The molecule has 0 aliphatic heterocycles. The fourth-order valence-electron chi connectivity index (χ4n) is 2.71. The maximum Gasteiger partial charge on any atom is 0.255 e. The van der Waals surface area contributed by atoms with E-state index >= 15 is 0 Å². The minimum atomic E-state index is -0.305. The Kier molecular flexibility index (Phi) is 5.75. The predicted octanol–water partition coefficient (Wildman–Crippen LogP) is 5.25. The van der Waals surface area contributed by atoms with Crippen molar-refractivity contribution in [3.63, 3.8) is 0 Å². The highest BCUT2D eigenvalue weighted by atomic mass is 16.5. The molecule has 28 heavy (non-hydrogen) atoms. The van der Waals surface area contributed by atoms with Crippen molar-refractivity contribution in [2.75, 3.05) is 12.4 Å². The monoisotopic (exact) mass is 375 g/mol. The number of anilines is 1. The molecule has 0 atom stereocenters. The number of ether oxygens (including phenoxy) is 2. The molecular weight excluding hydrogens is 354 g/mol. The van der Waals surface area contributed by atoms with Crippen LogP contribution in [0.1, 0.15) is 33.2 Å². The van der Waals surface area contributed by atoms with Gasteiger partial charge in [-0.15, -0.1) is 0 Å². The van der Waals surface area contributed by atoms with Gasteiger partial charge in [0, 0.05) is 11.1 Å². The van der Waals surface area contributed by atoms with Crippen LogP contribution in [0.2, 0.25) is 0 Å². The van der Waals surface area contributed by atoms with Crippen LogP contribution < -0.4 is 14.8 Å². The molecule has 0 aliphatic carbocycles. The van der Waals surface area contributed by atoms with Crippen LogP contribution >= 0.6 is 0 Å². The van der Waals surface area contributed by atoms with Gasteiger partial charge in [-0.25, -0.2) is 0 Å². The summed E-state index contributed by atoms with van der Waals surface area (Å²) in [7, 11) is 1.51. The molecule has 3 aromatic rings. The number of carbonyl (C=O) groups is 2. The number of nitrogens with one attached hydrogen (secondary N) is 1. The fourth-order valence-corrected chi connectivity index (χ4v) is 2.71. The summed E-state index contributed by atoms with van der Waals surface area (Å²) >= 11 is 0. The van der Waals surface area contributed by atoms with Gasteiger partial charge in [0.05, 0.1) is 12.8 Å². The van der Waals surface area contributed by atoms with Crippen LogP contribution in [0.4, 0.5) is 5.69 Å². The summed E-state index contributed by atoms with van der Waals surface area (Å²) < 4.78 is 11.1. The van der Waals surface area contributed by atoms with E-state index in [1.807, 2.05) is 31.2 Å². The van der Waals surface area contributed by atoms with Gasteiger partial charge in [-0.1, -0.05) is 12.1 Å². The molecule has 0 spiro atoms. The molecule has 0 unspecified atom stereocenters. The van der Waals surface area contributed by atoms with E-state index in [2.05, 4.69) is 5.32 Å². The molecule has 142 valence electrons. The summed E-state index contributed by atoms with van der Waals surface area (Å²) in [6, 6.07) is 19.5. The Hall–Kier alpha value is -3.60. The fraction of sp³-hybridized carbons (Fsp3) is 0.130. The Labute approximate surface area is 163 Å². The van der Waals surface area contributed by atoms with Crippen molar-refractivity contribution in [1.82, 2.24) is 0 Å². The lowest BCUT2D eigenvalue weighted by molar-refractivity contribution is 0.101. The zero-order valence-corrected chi connectivity index (χ0v) is 16.0. The molecule has 0 bridgehead atoms. The molecule has 1 amide bonds. The summed E-state index contributed by atoms with van der Waals surface area (Å²) in [5.74, 6) is 1.47. The largest absolute Gasteiger partial charge is 0.495 e. The highest BCUT2D eigenvalue weighted by Crippen LogP contribution is 2.27. The van der Waals surface area contributed by atoms with Crippen molar-refractivity contribution < 1.29 is 19.1 Å². The minimum absolute atomic E-state index is 0.0872. The van der Waals surface area contributed by atoms with E-state index in [9.17, 15) is 9.59 Å². The number of hydrogen-bond donors (Lipinski definition) is 1. The van der Waals surface area contributed by atoms with E-state index in [0.29, 0.717) is 28.3 Å². The first-order chi connectivity index (χ1) is 13.5. The molecule has 0 heterocycles. The van der Waals surface area contributed by atoms with E-state index in [-0.39, 0.29) is 11.7 Å². The number of Topliss-reactive ketones (excluding diaryl/α,β-unsaturated/α-hetero) is 1. The van der Waals surface area contributed by atoms with Gasteiger partial charge in [0.25, 0.3) is 5.91 Å². The van der Waals surface area contributed by atoms with Gasteiger partial charge in [-0.2, -0.15) is 0 Å². The van der Waals surface area contributed by atoms with Crippen LogP contribution in [0.15, 0.2) is 66.7 Å². The molecule has 3 rings (SSSR count). The summed E-state index contributed by atoms with van der Waals surface area (Å²) in [4.78, 5) is 24.2. The quantitative estimate of drug-likeness (QED) is 0.598. The Morgan fingerprint density at radius 3 is 2.21 bits per heavy atom. The van der Waals surface area contributed by atoms with Gasteiger partial charge in [-0.3, -0.25) is 9.59 Å². The number of rotatable bonds is 6. The highest BCUT2D eigenvalue weighted by molar-refractivity contribution is 6.06. The lowest BCUT2D eigenvalue weighted by Gasteiger charge is -2.12. The zero-order chi connectivity index (χ0) is 20.1. The van der Waals surface area contributed by atoms with Crippen LogP contribution in [0.3, 0.4) is 0 Å². The van der Waals surface area contributed by atoms with Crippen LogP contribution in [0.25, 0.3) is 0 Å². The molecule has 0 aliphatic rings. The van der Waals surface area contributed by atoms with E-state index in [1.165, 1.54) is 14.0 Å². The molecule has 5 nitrogen and oxygen atoms in total. The second-order valence-electron chi connectivity index (χ2n) is 6.37. The third-order valence-electron chi connectivity index (χ3n) is 4.20. The molecule has 1 N–H and O–H groups in total. The number of aryl methyl sites for hydroxylation is 1. The van der Waals surface area contributed by atoms with Gasteiger partial charge < -0.3 is 14.8 Å². The van der Waals surface area contributed by atoms with Gasteiger partial charge in [-0.05, 0) is 74.0 Å². The molecule has 0 fully saturated rings. The van der Waals surface area contributed by atoms with Crippen molar-refractivity contribution in [2.24, 2.45) is 0 Å². The predicted molar refractivity (Wildman–Crippen MR) is 109 cm³/mol. The maximum atomic E-state index is 12.6. The zero-order valence-electron chi connectivity index (χ0n) is 16.0. The summed E-state index contributed by atoms with van der Waals surface area (Å²) in [5.41, 5.74) is 2.51. The molecular formula is C23H21NO4. The van der Waals surface area contributed by atoms with E-state index < -0.39 is 0 Å². The van der Waals surface area contributed by atoms with Crippen molar-refractivity contribution in [2.45, 2.75) is 13.8 Å². The van der Waals surface area contributed by atoms with Gasteiger partial charge >= 0.3 is 0 Å². The third kappa shape index (κ3) is 4.57. The smallest absolute Gasteiger partial charge is 0.255 e. The van der Waals surface area contributed by atoms with Gasteiger partial charge in [0.2, 0.25) is 0 Å². The Balaban J connectivity index is 1.75. The molecule has 0 saturated heterocycles. The number of ketones is 1. The SMILES string of the molecule is COc1ccc(C(C)=O)cc1NC(=O)c1ccc(Oc2cccc(C)c2)cc1. The van der Waals surface area contributed by atoms with Gasteiger partial charge in [0.15, 0.2) is 5.78 Å². The number of hydrogen-bond acceptors (Lipinski definition) is 4. The molecule has 3 aromatic carbocycles. The Morgan fingerprint density at radius 1 is 0.857 bits per heavy atom. The number of methoxy groups -OCH3 is 1. The van der Waals surface area contributed by atoms with E-state index in [4.69, 9.17) is 9.47 Å². The topological polar surface area (TPSA) is 64.6 Å². The number of carbonyl (C=O) groups excluding carboxylic acids is 2. The maximum absolute atomic E-state index is 12.6. The van der Waals surface area contributed by atoms with Crippen molar-refractivity contribution in [3.05, 3.63) is 83.4 Å². The Bertz CT molecular complexity index is 1010. The standard InChI is InChI=1S/C23H21NO4/c1-15-5-4-6-20(13-15)28-19-10-7-17(8-11-19)23(26)24-21-14-18(16(2)25)9-12-22(21)27-3/h4-14H,1-3H3,(H,24,26). The molecule has 0 aromatic heterocycles. The molecule has 0 radical (unpaired) electrons. The molecule has 0 saturated carbocycles. The van der Waals surface area contributed by atoms with E-state index in [0.717, 1.165) is 11.3 Å². The lowest BCUT2D eigenvalue weighted by atomic mass is 10.1. The average molecular weight is 375 g/mol. The summed E-state index contributed by atoms with van der Waals surface area (Å²) in [6.07, 6.45) is 0. The first kappa shape index (κ1) is 19.2. The molecule has 5 heteroatoms. The van der Waals surface area contributed by atoms with Crippen LogP contribution in [0.5, 0.6) is 17.2 Å². The number of benzene rings is 3. The van der Waals surface area contributed by atoms with Crippen LogP contribution in [-0.4, -0.2) is 18.8 Å². The van der Waals surface area contributed by atoms with Crippen molar-refractivity contribution >= 4 is 17.4 Å². The normalized spacial score (nSPS) is 10.2. The third-order valence-corrected chi connectivity index (χ3v) is 4.20. The minimum Gasteiger partial charge on any atom is -0.495 e. The second kappa shape index (κ2) is 8.39. The van der Waals surface area contributed by atoms with Crippen molar-refractivity contribution in [1.29, 1.82) is 0 Å². The lowest BCUT2D eigenvalue weighted by Crippen LogP contribution is -2.13. The average Bonchev–Trinajstić information content (AvgIpc) is 2.68. The van der Waals surface area contributed by atoms with Crippen LogP contribution in [-0.2, 0) is 0 Å².